The summed E-state index contributed by atoms with van der Waals surface area (Å²) in [6.45, 7) is 4.42. The van der Waals surface area contributed by atoms with Crippen LogP contribution in [0.4, 0.5) is 0 Å². The number of nitrogens with zero attached hydrogens (tertiary/aromatic N) is 1. The maximum absolute atomic E-state index is 12.1. The number of ketones is 1. The SMILES string of the molecule is CCN(CCC(=O)c1ccc(Cl)cc1)Cc1ccco1. The molecule has 0 N–H and O–H groups in total. The molecule has 0 aliphatic rings. The van der Waals surface area contributed by atoms with Gasteiger partial charge < -0.3 is 4.42 Å². The summed E-state index contributed by atoms with van der Waals surface area (Å²) in [4.78, 5) is 14.3. The molecule has 0 fully saturated rings. The van der Waals surface area contributed by atoms with E-state index in [0.717, 1.165) is 25.4 Å². The quantitative estimate of drug-likeness (QED) is 0.722. The summed E-state index contributed by atoms with van der Waals surface area (Å²) >= 11 is 5.82. The van der Waals surface area contributed by atoms with Crippen molar-refractivity contribution in [3.05, 3.63) is 59.0 Å². The number of benzene rings is 1. The summed E-state index contributed by atoms with van der Waals surface area (Å²) in [5.74, 6) is 1.06. The van der Waals surface area contributed by atoms with Gasteiger partial charge in [-0.3, -0.25) is 9.69 Å². The summed E-state index contributed by atoms with van der Waals surface area (Å²) in [7, 11) is 0. The molecular formula is C16H18ClNO2. The van der Waals surface area contributed by atoms with Crippen LogP contribution in [0.25, 0.3) is 0 Å². The predicted molar refractivity (Wildman–Crippen MR) is 80.1 cm³/mol. The van der Waals surface area contributed by atoms with E-state index in [1.54, 1.807) is 30.5 Å². The van der Waals surface area contributed by atoms with Gasteiger partial charge in [-0.2, -0.15) is 0 Å². The molecule has 3 nitrogen and oxygen atoms in total. The van der Waals surface area contributed by atoms with E-state index >= 15 is 0 Å². The first-order valence-corrected chi connectivity index (χ1v) is 7.10. The fourth-order valence-electron chi connectivity index (χ4n) is 2.01. The van der Waals surface area contributed by atoms with Crippen LogP contribution in [0.2, 0.25) is 5.02 Å². The Kier molecular flexibility index (Phi) is 5.39. The highest BCUT2D eigenvalue weighted by Gasteiger charge is 2.10. The van der Waals surface area contributed by atoms with Crippen molar-refractivity contribution in [3.8, 4) is 0 Å². The van der Waals surface area contributed by atoms with Crippen molar-refractivity contribution in [1.82, 2.24) is 4.90 Å². The summed E-state index contributed by atoms with van der Waals surface area (Å²) in [5.41, 5.74) is 0.712. The summed E-state index contributed by atoms with van der Waals surface area (Å²) in [6, 6.07) is 10.9. The number of rotatable bonds is 7. The lowest BCUT2D eigenvalue weighted by atomic mass is 10.1. The molecule has 2 aromatic rings. The Hall–Kier alpha value is -1.58. The standard InChI is InChI=1S/C16H18ClNO2/c1-2-18(12-15-4-3-11-20-15)10-9-16(19)13-5-7-14(17)8-6-13/h3-8,11H,2,9-10,12H2,1H3. The Bertz CT molecular complexity index is 534. The van der Waals surface area contributed by atoms with Crippen LogP contribution in [0.1, 0.15) is 29.5 Å². The lowest BCUT2D eigenvalue weighted by Crippen LogP contribution is -2.25. The van der Waals surface area contributed by atoms with Gasteiger partial charge in [0.1, 0.15) is 5.76 Å². The van der Waals surface area contributed by atoms with E-state index in [-0.39, 0.29) is 5.78 Å². The van der Waals surface area contributed by atoms with Crippen LogP contribution in [-0.2, 0) is 6.54 Å². The van der Waals surface area contributed by atoms with Crippen LogP contribution in [0.15, 0.2) is 47.1 Å². The molecule has 0 saturated carbocycles. The zero-order valence-corrected chi connectivity index (χ0v) is 12.3. The van der Waals surface area contributed by atoms with Crippen molar-refractivity contribution < 1.29 is 9.21 Å². The van der Waals surface area contributed by atoms with Crippen molar-refractivity contribution in [2.75, 3.05) is 13.1 Å². The molecule has 2 rings (SSSR count). The van der Waals surface area contributed by atoms with Crippen LogP contribution in [0.5, 0.6) is 0 Å². The normalized spacial score (nSPS) is 10.9. The van der Waals surface area contributed by atoms with Crippen molar-refractivity contribution in [2.45, 2.75) is 19.9 Å². The molecule has 0 amide bonds. The number of hydrogen-bond acceptors (Lipinski definition) is 3. The monoisotopic (exact) mass is 291 g/mol. The molecule has 0 aliphatic heterocycles. The zero-order valence-electron chi connectivity index (χ0n) is 11.5. The van der Waals surface area contributed by atoms with Gasteiger partial charge in [-0.1, -0.05) is 18.5 Å². The fraction of sp³-hybridized carbons (Fsp3) is 0.312. The van der Waals surface area contributed by atoms with E-state index in [1.807, 2.05) is 12.1 Å². The minimum absolute atomic E-state index is 0.138. The molecule has 1 heterocycles. The second-order valence-electron chi connectivity index (χ2n) is 4.63. The van der Waals surface area contributed by atoms with Gasteiger partial charge in [0.15, 0.2) is 5.78 Å². The van der Waals surface area contributed by atoms with Gasteiger partial charge in [0.2, 0.25) is 0 Å². The number of hydrogen-bond donors (Lipinski definition) is 0. The summed E-state index contributed by atoms with van der Waals surface area (Å²) in [5, 5.41) is 0.648. The van der Waals surface area contributed by atoms with Crippen LogP contribution < -0.4 is 0 Å². The average Bonchev–Trinajstić information content (AvgIpc) is 2.96. The van der Waals surface area contributed by atoms with E-state index in [9.17, 15) is 4.79 Å². The molecule has 4 heteroatoms. The molecule has 1 aromatic heterocycles. The van der Waals surface area contributed by atoms with Gasteiger partial charge in [-0.15, -0.1) is 0 Å². The van der Waals surface area contributed by atoms with E-state index in [1.165, 1.54) is 0 Å². The molecule has 0 bridgehead atoms. The topological polar surface area (TPSA) is 33.5 Å². The average molecular weight is 292 g/mol. The molecule has 0 aliphatic carbocycles. The van der Waals surface area contributed by atoms with Crippen LogP contribution in [-0.4, -0.2) is 23.8 Å². The molecule has 0 unspecified atom stereocenters. The first kappa shape index (κ1) is 14.8. The Morgan fingerprint density at radius 2 is 2.00 bits per heavy atom. The third-order valence-electron chi connectivity index (χ3n) is 3.23. The van der Waals surface area contributed by atoms with E-state index in [4.69, 9.17) is 16.0 Å². The summed E-state index contributed by atoms with van der Waals surface area (Å²) < 4.78 is 5.33. The van der Waals surface area contributed by atoms with Crippen molar-refractivity contribution in [1.29, 1.82) is 0 Å². The molecule has 1 aromatic carbocycles. The smallest absolute Gasteiger partial charge is 0.164 e. The Labute approximate surface area is 124 Å². The maximum atomic E-state index is 12.1. The van der Waals surface area contributed by atoms with Gasteiger partial charge in [-0.25, -0.2) is 0 Å². The minimum Gasteiger partial charge on any atom is -0.468 e. The third kappa shape index (κ3) is 4.22. The van der Waals surface area contributed by atoms with Gasteiger partial charge in [0, 0.05) is 23.6 Å². The van der Waals surface area contributed by atoms with E-state index in [2.05, 4.69) is 11.8 Å². The lowest BCUT2D eigenvalue weighted by molar-refractivity contribution is 0.0961. The third-order valence-corrected chi connectivity index (χ3v) is 3.48. The minimum atomic E-state index is 0.138. The van der Waals surface area contributed by atoms with Crippen molar-refractivity contribution in [3.63, 3.8) is 0 Å². The number of halogens is 1. The fourth-order valence-corrected chi connectivity index (χ4v) is 2.14. The van der Waals surface area contributed by atoms with Gasteiger partial charge in [0.05, 0.1) is 12.8 Å². The van der Waals surface area contributed by atoms with Crippen LogP contribution in [0, 0.1) is 0 Å². The van der Waals surface area contributed by atoms with Crippen LogP contribution >= 0.6 is 11.6 Å². The lowest BCUT2D eigenvalue weighted by Gasteiger charge is -2.18. The number of carbonyl (C=O) groups is 1. The highest BCUT2D eigenvalue weighted by molar-refractivity contribution is 6.30. The van der Waals surface area contributed by atoms with E-state index in [0.29, 0.717) is 17.0 Å². The molecule has 106 valence electrons. The second-order valence-corrected chi connectivity index (χ2v) is 5.06. The Balaban J connectivity index is 1.86. The van der Waals surface area contributed by atoms with Crippen molar-refractivity contribution >= 4 is 17.4 Å². The molecular weight excluding hydrogens is 274 g/mol. The first-order chi connectivity index (χ1) is 9.69. The van der Waals surface area contributed by atoms with Gasteiger partial charge >= 0.3 is 0 Å². The Morgan fingerprint density at radius 1 is 1.25 bits per heavy atom. The number of furan rings is 1. The highest BCUT2D eigenvalue weighted by atomic mass is 35.5. The maximum Gasteiger partial charge on any atom is 0.164 e. The molecule has 0 spiro atoms. The second kappa shape index (κ2) is 7.27. The molecule has 20 heavy (non-hydrogen) atoms. The molecule has 0 radical (unpaired) electrons. The summed E-state index contributed by atoms with van der Waals surface area (Å²) in [6.07, 6.45) is 2.16. The largest absolute Gasteiger partial charge is 0.468 e. The molecule has 0 saturated heterocycles. The van der Waals surface area contributed by atoms with Crippen molar-refractivity contribution in [2.24, 2.45) is 0 Å². The number of Topliss-reactive ketones (excluding diaryl/α,β-unsaturated/α-hetero) is 1. The highest BCUT2D eigenvalue weighted by Crippen LogP contribution is 2.12. The van der Waals surface area contributed by atoms with Gasteiger partial charge in [-0.05, 0) is 42.9 Å². The first-order valence-electron chi connectivity index (χ1n) is 6.72. The molecule has 0 atom stereocenters. The van der Waals surface area contributed by atoms with E-state index < -0.39 is 0 Å². The zero-order chi connectivity index (χ0) is 14.4. The van der Waals surface area contributed by atoms with Crippen LogP contribution in [0.3, 0.4) is 0 Å². The van der Waals surface area contributed by atoms with Gasteiger partial charge in [0.25, 0.3) is 0 Å². The predicted octanol–water partition coefficient (Wildman–Crippen LogP) is 4.03. The Morgan fingerprint density at radius 3 is 2.60 bits per heavy atom. The number of carbonyl (C=O) groups excluding carboxylic acids is 1.